The molecule has 8 heteroatoms. The van der Waals surface area contributed by atoms with Crippen LogP contribution in [0.15, 0.2) is 47.9 Å². The maximum Gasteiger partial charge on any atom is 0.281 e. The molecule has 0 spiro atoms. The molecule has 2 aromatic heterocycles. The minimum atomic E-state index is -0.237. The summed E-state index contributed by atoms with van der Waals surface area (Å²) in [6, 6.07) is 9.65. The molecule has 8 nitrogen and oxygen atoms in total. The van der Waals surface area contributed by atoms with E-state index in [1.165, 1.54) is 7.11 Å². The van der Waals surface area contributed by atoms with Crippen LogP contribution in [0.3, 0.4) is 0 Å². The van der Waals surface area contributed by atoms with Crippen LogP contribution < -0.4 is 4.90 Å². The molecule has 0 radical (unpaired) electrons. The number of aryl methyl sites for hydroxylation is 1. The Morgan fingerprint density at radius 2 is 2.07 bits per heavy atom. The molecule has 0 bridgehead atoms. The fraction of sp³-hybridized carbons (Fsp3) is 0.300. The van der Waals surface area contributed by atoms with Gasteiger partial charge in [-0.25, -0.2) is 4.98 Å². The molecule has 28 heavy (non-hydrogen) atoms. The van der Waals surface area contributed by atoms with E-state index in [0.717, 1.165) is 29.8 Å². The Morgan fingerprint density at radius 1 is 1.21 bits per heavy atom. The van der Waals surface area contributed by atoms with Crippen LogP contribution in [-0.2, 0) is 22.7 Å². The van der Waals surface area contributed by atoms with E-state index in [4.69, 9.17) is 14.9 Å². The van der Waals surface area contributed by atoms with Crippen molar-refractivity contribution < 1.29 is 14.7 Å². The number of hydrogen-bond donors (Lipinski definition) is 1. The van der Waals surface area contributed by atoms with E-state index in [-0.39, 0.29) is 18.2 Å². The zero-order valence-corrected chi connectivity index (χ0v) is 15.6. The Labute approximate surface area is 162 Å². The first kappa shape index (κ1) is 18.1. The molecule has 1 aliphatic rings. The van der Waals surface area contributed by atoms with Gasteiger partial charge < -0.3 is 14.5 Å². The number of rotatable bonds is 7. The molecular formula is C20H21N5O3. The van der Waals surface area contributed by atoms with E-state index in [9.17, 15) is 4.79 Å². The lowest BCUT2D eigenvalue weighted by atomic mass is 10.2. The average Bonchev–Trinajstić information content (AvgIpc) is 3.19. The highest BCUT2D eigenvalue weighted by Gasteiger charge is 2.35. The van der Waals surface area contributed by atoms with Gasteiger partial charge in [0.2, 0.25) is 0 Å². The summed E-state index contributed by atoms with van der Waals surface area (Å²) in [5.74, 6) is 0.541. The van der Waals surface area contributed by atoms with Crippen LogP contribution in [-0.4, -0.2) is 45.0 Å². The summed E-state index contributed by atoms with van der Waals surface area (Å²) in [4.78, 5) is 28.4. The summed E-state index contributed by atoms with van der Waals surface area (Å²) in [6.07, 6.45) is 4.83. The second-order valence-corrected chi connectivity index (χ2v) is 6.51. The van der Waals surface area contributed by atoms with Gasteiger partial charge in [0, 0.05) is 24.9 Å². The van der Waals surface area contributed by atoms with Crippen molar-refractivity contribution in [3.63, 3.8) is 0 Å². The average molecular weight is 379 g/mol. The summed E-state index contributed by atoms with van der Waals surface area (Å²) in [6.45, 7) is 1.17. The third-order valence-corrected chi connectivity index (χ3v) is 4.80. The number of pyridine rings is 1. The number of imidazole rings is 1. The molecule has 0 saturated heterocycles. The lowest BCUT2D eigenvalue weighted by Crippen LogP contribution is -2.31. The van der Waals surface area contributed by atoms with Gasteiger partial charge in [-0.2, -0.15) is 0 Å². The lowest BCUT2D eigenvalue weighted by molar-refractivity contribution is -0.112. The predicted octanol–water partition coefficient (Wildman–Crippen LogP) is 2.10. The van der Waals surface area contributed by atoms with E-state index in [0.29, 0.717) is 24.2 Å². The van der Waals surface area contributed by atoms with Crippen LogP contribution in [0.25, 0.3) is 11.0 Å². The van der Waals surface area contributed by atoms with Crippen LogP contribution in [0.4, 0.5) is 5.69 Å². The summed E-state index contributed by atoms with van der Waals surface area (Å²) < 4.78 is 2.11. The molecule has 1 amide bonds. The van der Waals surface area contributed by atoms with Crippen LogP contribution >= 0.6 is 0 Å². The van der Waals surface area contributed by atoms with E-state index in [1.54, 1.807) is 23.4 Å². The van der Waals surface area contributed by atoms with Crippen LogP contribution in [0.2, 0.25) is 0 Å². The Morgan fingerprint density at radius 3 is 2.89 bits per heavy atom. The number of aliphatic hydroxyl groups is 1. The fourth-order valence-corrected chi connectivity index (χ4v) is 3.51. The van der Waals surface area contributed by atoms with Gasteiger partial charge >= 0.3 is 0 Å². The van der Waals surface area contributed by atoms with Gasteiger partial charge in [0.05, 0.1) is 29.5 Å². The summed E-state index contributed by atoms with van der Waals surface area (Å²) in [7, 11) is 1.42. The van der Waals surface area contributed by atoms with E-state index in [2.05, 4.69) is 14.7 Å². The monoisotopic (exact) mass is 379 g/mol. The Kier molecular flexibility index (Phi) is 5.03. The number of carbonyl (C=O) groups is 1. The normalized spacial score (nSPS) is 14.9. The molecule has 0 aliphatic carbocycles. The van der Waals surface area contributed by atoms with Gasteiger partial charge in [0.1, 0.15) is 12.9 Å². The SMILES string of the molecule is CO/N=C1/C(=O)N(Cc2nc3ccccc3n2CCCCO)c2cnccc21. The maximum atomic E-state index is 13.0. The van der Waals surface area contributed by atoms with Crippen LogP contribution in [0.5, 0.6) is 0 Å². The topological polar surface area (TPSA) is 92.8 Å². The van der Waals surface area contributed by atoms with Crippen molar-refractivity contribution in [1.82, 2.24) is 14.5 Å². The van der Waals surface area contributed by atoms with E-state index < -0.39 is 0 Å². The first-order chi connectivity index (χ1) is 13.7. The standard InChI is InChI=1S/C20H21N5O3/c1-28-23-19-14-8-9-21-12-17(14)25(20(19)27)13-18-22-15-6-2-3-7-16(15)24(18)10-4-5-11-26/h2-3,6-9,12,26H,4-5,10-11,13H2,1H3/b23-19+. The summed E-state index contributed by atoms with van der Waals surface area (Å²) in [5.41, 5.74) is 3.55. The molecule has 3 aromatic rings. The number of anilines is 1. The molecule has 144 valence electrons. The largest absolute Gasteiger partial charge is 0.398 e. The van der Waals surface area contributed by atoms with Gasteiger partial charge in [-0.15, -0.1) is 0 Å². The number of oxime groups is 1. The summed E-state index contributed by atoms with van der Waals surface area (Å²) >= 11 is 0. The van der Waals surface area contributed by atoms with Gasteiger partial charge in [0.15, 0.2) is 5.71 Å². The molecule has 3 heterocycles. The number of nitrogens with zero attached hydrogens (tertiary/aromatic N) is 5. The predicted molar refractivity (Wildman–Crippen MR) is 105 cm³/mol. The number of benzene rings is 1. The quantitative estimate of drug-likeness (QED) is 0.501. The number of aromatic nitrogens is 3. The van der Waals surface area contributed by atoms with Crippen molar-refractivity contribution in [2.75, 3.05) is 18.6 Å². The maximum absolute atomic E-state index is 13.0. The summed E-state index contributed by atoms with van der Waals surface area (Å²) in [5, 5.41) is 13.0. The third kappa shape index (κ3) is 3.11. The van der Waals surface area contributed by atoms with Crippen LogP contribution in [0.1, 0.15) is 24.2 Å². The number of unbranched alkanes of at least 4 members (excludes halogenated alkanes) is 1. The molecule has 0 atom stereocenters. The zero-order chi connectivity index (χ0) is 19.5. The Bertz CT molecular complexity index is 1040. The van der Waals surface area contributed by atoms with Gasteiger partial charge in [-0.3, -0.25) is 14.7 Å². The van der Waals surface area contributed by atoms with Gasteiger partial charge in [-0.05, 0) is 31.0 Å². The molecule has 1 N–H and O–H groups in total. The molecule has 0 unspecified atom stereocenters. The smallest absolute Gasteiger partial charge is 0.281 e. The van der Waals surface area contributed by atoms with Gasteiger partial charge in [-0.1, -0.05) is 17.3 Å². The highest BCUT2D eigenvalue weighted by Crippen LogP contribution is 2.30. The Hall–Kier alpha value is -3.26. The van der Waals surface area contributed by atoms with Crippen molar-refractivity contribution in [3.05, 3.63) is 54.1 Å². The zero-order valence-electron chi connectivity index (χ0n) is 15.6. The Balaban J connectivity index is 1.73. The first-order valence-corrected chi connectivity index (χ1v) is 9.17. The van der Waals surface area contributed by atoms with E-state index in [1.807, 2.05) is 24.3 Å². The molecule has 0 saturated carbocycles. The minimum absolute atomic E-state index is 0.155. The number of hydrogen-bond acceptors (Lipinski definition) is 6. The number of carbonyl (C=O) groups excluding carboxylic acids is 1. The fourth-order valence-electron chi connectivity index (χ4n) is 3.51. The van der Waals surface area contributed by atoms with E-state index >= 15 is 0 Å². The van der Waals surface area contributed by atoms with Crippen molar-refractivity contribution in [3.8, 4) is 0 Å². The van der Waals surface area contributed by atoms with Gasteiger partial charge in [0.25, 0.3) is 5.91 Å². The number of aliphatic hydroxyl groups excluding tert-OH is 1. The third-order valence-electron chi connectivity index (χ3n) is 4.80. The van der Waals surface area contributed by atoms with Crippen molar-refractivity contribution in [2.24, 2.45) is 5.16 Å². The first-order valence-electron chi connectivity index (χ1n) is 9.17. The second kappa shape index (κ2) is 7.77. The molecular weight excluding hydrogens is 358 g/mol. The molecule has 1 aliphatic heterocycles. The van der Waals surface area contributed by atoms with Crippen molar-refractivity contribution in [1.29, 1.82) is 0 Å². The van der Waals surface area contributed by atoms with Crippen LogP contribution in [0, 0.1) is 0 Å². The molecule has 4 rings (SSSR count). The second-order valence-electron chi connectivity index (χ2n) is 6.51. The minimum Gasteiger partial charge on any atom is -0.398 e. The highest BCUT2D eigenvalue weighted by molar-refractivity contribution is 6.54. The number of para-hydroxylation sites is 2. The number of fused-ring (bicyclic) bond motifs is 2. The van der Waals surface area contributed by atoms with Crippen molar-refractivity contribution >= 4 is 28.3 Å². The lowest BCUT2D eigenvalue weighted by Gasteiger charge is -2.17. The highest BCUT2D eigenvalue weighted by atomic mass is 16.6. The molecule has 1 aromatic carbocycles. The van der Waals surface area contributed by atoms with Crippen molar-refractivity contribution in [2.45, 2.75) is 25.9 Å². The number of amides is 1. The molecule has 0 fully saturated rings.